The first-order valence-corrected chi connectivity index (χ1v) is 13.8. The van der Waals surface area contributed by atoms with Gasteiger partial charge in [-0.2, -0.15) is 0 Å². The Bertz CT molecular complexity index is 1870. The molecule has 0 spiro atoms. The van der Waals surface area contributed by atoms with Crippen LogP contribution in [0.5, 0.6) is 11.5 Å². The molecule has 2 aliphatic rings. The summed E-state index contributed by atoms with van der Waals surface area (Å²) in [4.78, 5) is 37.1. The molecule has 2 aliphatic heterocycles. The van der Waals surface area contributed by atoms with Gasteiger partial charge >= 0.3 is 0 Å². The van der Waals surface area contributed by atoms with Gasteiger partial charge in [0.25, 0.3) is 5.91 Å². The van der Waals surface area contributed by atoms with E-state index in [2.05, 4.69) is 32.0 Å². The van der Waals surface area contributed by atoms with Crippen molar-refractivity contribution in [3.8, 4) is 17.2 Å². The monoisotopic (exact) mass is 548 g/mol. The molecule has 0 bridgehead atoms. The number of nitrogens with one attached hydrogen (secondary N) is 1. The zero-order valence-corrected chi connectivity index (χ0v) is 22.4. The summed E-state index contributed by atoms with van der Waals surface area (Å²) < 4.78 is 12.9. The van der Waals surface area contributed by atoms with Crippen LogP contribution in [0, 0.1) is 6.92 Å². The number of carbonyl (C=O) groups is 1. The Hall–Kier alpha value is -4.63. The molecule has 5 aromatic rings. The Morgan fingerprint density at radius 3 is 2.73 bits per heavy atom. The van der Waals surface area contributed by atoms with Crippen LogP contribution in [0.15, 0.2) is 88.8 Å². The van der Waals surface area contributed by atoms with E-state index in [0.29, 0.717) is 23.6 Å². The Kier molecular flexibility index (Phi) is 6.00. The lowest BCUT2D eigenvalue weighted by Gasteiger charge is -2.20. The van der Waals surface area contributed by atoms with Crippen molar-refractivity contribution >= 4 is 28.7 Å². The smallest absolute Gasteiger partial charge is 0.257 e. The number of thioether (sulfide) groups is 1. The quantitative estimate of drug-likeness (QED) is 0.332. The molecule has 9 heteroatoms. The van der Waals surface area contributed by atoms with Gasteiger partial charge in [-0.25, -0.2) is 0 Å². The summed E-state index contributed by atoms with van der Waals surface area (Å²) in [6.07, 6.45) is 3.84. The number of hydrogen-bond acceptors (Lipinski definition) is 7. The number of aryl methyl sites for hydroxylation is 1. The number of nitrogens with zero attached hydrogens (tertiary/aromatic N) is 3. The third kappa shape index (κ3) is 4.28. The number of rotatable bonds is 4. The third-order valence-corrected chi connectivity index (χ3v) is 8.56. The second-order valence-corrected chi connectivity index (χ2v) is 11.0. The molecule has 0 saturated heterocycles. The number of pyridine rings is 1. The number of para-hydroxylation sites is 1. The number of fused-ring (bicyclic) bond motifs is 5. The molecule has 3 aromatic carbocycles. The third-order valence-electron chi connectivity index (χ3n) is 7.23. The zero-order chi connectivity index (χ0) is 27.2. The molecule has 0 aliphatic carbocycles. The minimum absolute atomic E-state index is 0.0529. The molecule has 198 valence electrons. The average Bonchev–Trinajstić information content (AvgIpc) is 3.36. The normalized spacial score (nSPS) is 15.3. The van der Waals surface area contributed by atoms with Crippen LogP contribution in [0.4, 0.5) is 0 Å². The second-order valence-electron chi connectivity index (χ2n) is 9.76. The maximum Gasteiger partial charge on any atom is 0.257 e. The van der Waals surface area contributed by atoms with E-state index in [-0.39, 0.29) is 29.6 Å². The largest absolute Gasteiger partial charge is 0.454 e. The van der Waals surface area contributed by atoms with Gasteiger partial charge in [0.05, 0.1) is 16.7 Å². The van der Waals surface area contributed by atoms with Gasteiger partial charge in [0.1, 0.15) is 5.56 Å². The molecule has 0 saturated carbocycles. The van der Waals surface area contributed by atoms with Crippen LogP contribution >= 0.6 is 11.8 Å². The van der Waals surface area contributed by atoms with Crippen LogP contribution in [0.3, 0.4) is 0 Å². The standard InChI is InChI=1S/C31H24N4O4S/c1-18-12-25(36)30(31(37)34-16-19-6-9-26-27(13-19)39-17-38-26)24-15-29(40-28-5-3-2-4-23(28)35(18)24)20-7-8-21-22(14-20)33-11-10-32-21/h2-14,29H,15-17H2,1H3,(H,34,37). The SMILES string of the molecule is Cc1cc(=O)c(C(=O)NCc2ccc3c(c2)OCO3)c2n1-c1ccccc1SC(c1ccc3nccnc3c1)C2. The Morgan fingerprint density at radius 1 is 1.00 bits per heavy atom. The highest BCUT2D eigenvalue weighted by Gasteiger charge is 2.29. The van der Waals surface area contributed by atoms with E-state index in [4.69, 9.17) is 9.47 Å². The molecule has 2 aromatic heterocycles. The van der Waals surface area contributed by atoms with Gasteiger partial charge in [0, 0.05) is 53.0 Å². The van der Waals surface area contributed by atoms with Crippen LogP contribution in [-0.2, 0) is 13.0 Å². The van der Waals surface area contributed by atoms with Crippen molar-refractivity contribution in [2.75, 3.05) is 6.79 Å². The molecular weight excluding hydrogens is 524 g/mol. The number of aromatic nitrogens is 3. The van der Waals surface area contributed by atoms with Gasteiger partial charge in [0.2, 0.25) is 6.79 Å². The van der Waals surface area contributed by atoms with E-state index in [1.807, 2.05) is 55.5 Å². The van der Waals surface area contributed by atoms with Gasteiger partial charge in [-0.1, -0.05) is 24.3 Å². The molecular formula is C31H24N4O4S. The van der Waals surface area contributed by atoms with Crippen LogP contribution in [-0.4, -0.2) is 27.2 Å². The summed E-state index contributed by atoms with van der Waals surface area (Å²) in [5.74, 6) is 0.922. The Labute approximate surface area is 234 Å². The van der Waals surface area contributed by atoms with E-state index >= 15 is 0 Å². The van der Waals surface area contributed by atoms with E-state index in [1.165, 1.54) is 0 Å². The zero-order valence-electron chi connectivity index (χ0n) is 21.6. The van der Waals surface area contributed by atoms with Gasteiger partial charge in [0.15, 0.2) is 16.9 Å². The molecule has 4 heterocycles. The lowest BCUT2D eigenvalue weighted by molar-refractivity contribution is 0.0948. The first kappa shape index (κ1) is 24.4. The van der Waals surface area contributed by atoms with E-state index in [9.17, 15) is 9.59 Å². The Balaban J connectivity index is 1.30. The van der Waals surface area contributed by atoms with Crippen molar-refractivity contribution in [3.63, 3.8) is 0 Å². The number of hydrogen-bond donors (Lipinski definition) is 1. The summed E-state index contributed by atoms with van der Waals surface area (Å²) in [5.41, 5.74) is 5.83. The number of amides is 1. The molecule has 40 heavy (non-hydrogen) atoms. The predicted molar refractivity (Wildman–Crippen MR) is 152 cm³/mol. The van der Waals surface area contributed by atoms with Crippen molar-refractivity contribution in [2.45, 2.75) is 30.0 Å². The van der Waals surface area contributed by atoms with Crippen LogP contribution in [0.1, 0.15) is 38.1 Å². The van der Waals surface area contributed by atoms with Crippen LogP contribution in [0.25, 0.3) is 16.7 Å². The van der Waals surface area contributed by atoms with Crippen molar-refractivity contribution in [2.24, 2.45) is 0 Å². The average molecular weight is 549 g/mol. The fraction of sp³-hybridized carbons (Fsp3) is 0.161. The highest BCUT2D eigenvalue weighted by molar-refractivity contribution is 7.99. The summed E-state index contributed by atoms with van der Waals surface area (Å²) in [7, 11) is 0. The maximum atomic E-state index is 13.7. The van der Waals surface area contributed by atoms with Crippen molar-refractivity contribution in [1.29, 1.82) is 0 Å². The lowest BCUT2D eigenvalue weighted by atomic mass is 10.0. The topological polar surface area (TPSA) is 95.3 Å². The molecule has 1 unspecified atom stereocenters. The highest BCUT2D eigenvalue weighted by Crippen LogP contribution is 2.44. The molecule has 8 nitrogen and oxygen atoms in total. The summed E-state index contributed by atoms with van der Waals surface area (Å²) in [6.45, 7) is 2.34. The van der Waals surface area contributed by atoms with E-state index < -0.39 is 5.91 Å². The fourth-order valence-electron chi connectivity index (χ4n) is 5.37. The van der Waals surface area contributed by atoms with E-state index in [0.717, 1.165) is 38.4 Å². The van der Waals surface area contributed by atoms with E-state index in [1.54, 1.807) is 30.2 Å². The summed E-state index contributed by atoms with van der Waals surface area (Å²) in [5, 5.41) is 2.91. The summed E-state index contributed by atoms with van der Waals surface area (Å²) in [6, 6.07) is 21.3. The minimum Gasteiger partial charge on any atom is -0.454 e. The van der Waals surface area contributed by atoms with Crippen LogP contribution in [0.2, 0.25) is 0 Å². The van der Waals surface area contributed by atoms with Gasteiger partial charge < -0.3 is 19.4 Å². The molecule has 0 fully saturated rings. The Morgan fingerprint density at radius 2 is 1.82 bits per heavy atom. The highest BCUT2D eigenvalue weighted by atomic mass is 32.2. The van der Waals surface area contributed by atoms with Crippen molar-refractivity contribution in [1.82, 2.24) is 19.9 Å². The van der Waals surface area contributed by atoms with Crippen LogP contribution < -0.4 is 20.2 Å². The van der Waals surface area contributed by atoms with Gasteiger partial charge in [-0.3, -0.25) is 19.6 Å². The molecule has 0 radical (unpaired) electrons. The maximum absolute atomic E-state index is 13.7. The number of carbonyl (C=O) groups excluding carboxylic acids is 1. The molecule has 7 rings (SSSR count). The molecule has 1 amide bonds. The minimum atomic E-state index is -0.404. The second kappa shape index (κ2) is 9.84. The summed E-state index contributed by atoms with van der Waals surface area (Å²) >= 11 is 1.72. The number of benzene rings is 3. The van der Waals surface area contributed by atoms with Crippen molar-refractivity contribution < 1.29 is 14.3 Å². The fourth-order valence-corrected chi connectivity index (χ4v) is 6.63. The van der Waals surface area contributed by atoms with Crippen molar-refractivity contribution in [3.05, 3.63) is 117 Å². The predicted octanol–water partition coefficient (Wildman–Crippen LogP) is 5.14. The van der Waals surface area contributed by atoms with Gasteiger partial charge in [-0.15, -0.1) is 11.8 Å². The lowest BCUT2D eigenvalue weighted by Crippen LogP contribution is -2.32. The molecule has 1 N–H and O–H groups in total. The first-order valence-electron chi connectivity index (χ1n) is 12.9. The first-order chi connectivity index (χ1) is 19.5. The van der Waals surface area contributed by atoms with Gasteiger partial charge in [-0.05, 0) is 54.4 Å². The number of ether oxygens (including phenoxy) is 2. The molecule has 1 atom stereocenters.